The first kappa shape index (κ1) is 34.3. The molecule has 4 rings (SSSR count). The van der Waals surface area contributed by atoms with Gasteiger partial charge in [-0.15, -0.1) is 0 Å². The Balaban J connectivity index is 1.72. The molecule has 1 unspecified atom stereocenters. The molecule has 11 heteroatoms. The van der Waals surface area contributed by atoms with Gasteiger partial charge in [-0.1, -0.05) is 56.0 Å². The number of aryl methyl sites for hydroxylation is 1. The monoisotopic (exact) mass is 699 g/mol. The quantitative estimate of drug-likeness (QED) is 0.227. The van der Waals surface area contributed by atoms with Crippen LogP contribution in [0.4, 0.5) is 5.69 Å². The standard InChI is InChI=1S/C34H42BrN3O6S/c1-5-31(34(40)36-26-9-7-6-8-10-26)37(22-25-13-17-28(43-3)18-14-25)33(39)23-38(27-15-11-24(2)12-16-27)45(41,42)29-19-20-32(44-4)30(35)21-29/h11-21,26,31H,5-10,22-23H2,1-4H3,(H,36,40). The fraction of sp³-hybridized carbons (Fsp3) is 0.412. The molecule has 2 amide bonds. The van der Waals surface area contributed by atoms with Crippen molar-refractivity contribution >= 4 is 43.5 Å². The molecule has 0 aliphatic heterocycles. The summed E-state index contributed by atoms with van der Waals surface area (Å²) < 4.78 is 40.5. The molecule has 0 bridgehead atoms. The molecule has 9 nitrogen and oxygen atoms in total. The zero-order valence-corrected chi connectivity index (χ0v) is 28.7. The molecule has 1 aliphatic rings. The lowest BCUT2D eigenvalue weighted by molar-refractivity contribution is -0.140. The highest BCUT2D eigenvalue weighted by Gasteiger charge is 2.34. The second-order valence-corrected chi connectivity index (χ2v) is 14.0. The number of rotatable bonds is 13. The Morgan fingerprint density at radius 2 is 1.62 bits per heavy atom. The molecule has 45 heavy (non-hydrogen) atoms. The molecule has 242 valence electrons. The number of methoxy groups -OCH3 is 2. The number of halogens is 1. The minimum Gasteiger partial charge on any atom is -0.497 e. The predicted molar refractivity (Wildman–Crippen MR) is 179 cm³/mol. The Kier molecular flexibility index (Phi) is 11.9. The number of nitrogens with zero attached hydrogens (tertiary/aromatic N) is 2. The van der Waals surface area contributed by atoms with Crippen LogP contribution >= 0.6 is 15.9 Å². The predicted octanol–water partition coefficient (Wildman–Crippen LogP) is 6.23. The number of hydrogen-bond acceptors (Lipinski definition) is 6. The fourth-order valence-corrected chi connectivity index (χ4v) is 7.70. The second-order valence-electron chi connectivity index (χ2n) is 11.3. The van der Waals surface area contributed by atoms with Crippen molar-refractivity contribution < 1.29 is 27.5 Å². The Morgan fingerprint density at radius 1 is 0.956 bits per heavy atom. The van der Waals surface area contributed by atoms with Crippen LogP contribution in [0.3, 0.4) is 0 Å². The summed E-state index contributed by atoms with van der Waals surface area (Å²) in [4.78, 5) is 29.6. The average Bonchev–Trinajstić information content (AvgIpc) is 3.04. The minimum atomic E-state index is -4.22. The summed E-state index contributed by atoms with van der Waals surface area (Å²) in [5.41, 5.74) is 2.07. The number of hydrogen-bond donors (Lipinski definition) is 1. The van der Waals surface area contributed by atoms with Crippen LogP contribution < -0.4 is 19.1 Å². The number of ether oxygens (including phenoxy) is 2. The molecule has 3 aromatic carbocycles. The van der Waals surface area contributed by atoms with E-state index in [9.17, 15) is 18.0 Å². The number of carbonyl (C=O) groups is 2. The van der Waals surface area contributed by atoms with Gasteiger partial charge in [-0.25, -0.2) is 8.42 Å². The van der Waals surface area contributed by atoms with Crippen LogP contribution in [0.15, 0.2) is 76.1 Å². The van der Waals surface area contributed by atoms with Crippen molar-refractivity contribution in [2.45, 2.75) is 75.9 Å². The van der Waals surface area contributed by atoms with Crippen molar-refractivity contribution in [2.24, 2.45) is 0 Å². The van der Waals surface area contributed by atoms with Crippen molar-refractivity contribution in [1.29, 1.82) is 0 Å². The van der Waals surface area contributed by atoms with Crippen LogP contribution in [0.2, 0.25) is 0 Å². The highest BCUT2D eigenvalue weighted by Crippen LogP contribution is 2.31. The van der Waals surface area contributed by atoms with E-state index in [0.717, 1.165) is 47.5 Å². The topological polar surface area (TPSA) is 105 Å². The third-order valence-corrected chi connectivity index (χ3v) is 10.6. The van der Waals surface area contributed by atoms with Crippen molar-refractivity contribution in [3.8, 4) is 11.5 Å². The summed E-state index contributed by atoms with van der Waals surface area (Å²) in [5.74, 6) is 0.427. The van der Waals surface area contributed by atoms with Crippen LogP contribution in [0, 0.1) is 6.92 Å². The molecule has 1 fully saturated rings. The summed E-state index contributed by atoms with van der Waals surface area (Å²) in [6, 6.07) is 18.0. The van der Waals surface area contributed by atoms with Gasteiger partial charge in [0.05, 0.1) is 29.3 Å². The minimum absolute atomic E-state index is 0.00709. The number of anilines is 1. The van der Waals surface area contributed by atoms with Crippen LogP contribution in [0.25, 0.3) is 0 Å². The van der Waals surface area contributed by atoms with Gasteiger partial charge < -0.3 is 19.7 Å². The maximum absolute atomic E-state index is 14.3. The van der Waals surface area contributed by atoms with E-state index < -0.39 is 28.5 Å². The Morgan fingerprint density at radius 3 is 2.20 bits per heavy atom. The number of carbonyl (C=O) groups excluding carboxylic acids is 2. The van der Waals surface area contributed by atoms with E-state index in [4.69, 9.17) is 9.47 Å². The van der Waals surface area contributed by atoms with Gasteiger partial charge in [0.2, 0.25) is 11.8 Å². The van der Waals surface area contributed by atoms with Gasteiger partial charge in [-0.3, -0.25) is 13.9 Å². The highest BCUT2D eigenvalue weighted by molar-refractivity contribution is 9.10. The van der Waals surface area contributed by atoms with Gasteiger partial charge in [0.15, 0.2) is 0 Å². The van der Waals surface area contributed by atoms with Gasteiger partial charge in [0.1, 0.15) is 24.1 Å². The van der Waals surface area contributed by atoms with E-state index in [1.54, 1.807) is 49.6 Å². The molecular formula is C34H42BrN3O6S. The number of nitrogens with one attached hydrogen (secondary N) is 1. The Hall–Kier alpha value is -3.57. The van der Waals surface area contributed by atoms with Gasteiger partial charge in [-0.2, -0.15) is 0 Å². The van der Waals surface area contributed by atoms with Crippen LogP contribution in [-0.2, 0) is 26.2 Å². The Bertz CT molecular complexity index is 1560. The molecule has 0 saturated heterocycles. The number of benzene rings is 3. The molecule has 0 aromatic heterocycles. The van der Waals surface area contributed by atoms with E-state index in [2.05, 4.69) is 21.2 Å². The zero-order chi connectivity index (χ0) is 32.6. The largest absolute Gasteiger partial charge is 0.497 e. The highest BCUT2D eigenvalue weighted by atomic mass is 79.9. The van der Waals surface area contributed by atoms with Gasteiger partial charge in [0.25, 0.3) is 10.0 Å². The molecular weight excluding hydrogens is 658 g/mol. The lowest BCUT2D eigenvalue weighted by Gasteiger charge is -2.34. The molecule has 3 aromatic rings. The van der Waals surface area contributed by atoms with Crippen LogP contribution in [0.1, 0.15) is 56.6 Å². The summed E-state index contributed by atoms with van der Waals surface area (Å²) in [7, 11) is -1.14. The van der Waals surface area contributed by atoms with Crippen molar-refractivity contribution in [1.82, 2.24) is 10.2 Å². The number of sulfonamides is 1. The maximum Gasteiger partial charge on any atom is 0.264 e. The second kappa shape index (κ2) is 15.6. The van der Waals surface area contributed by atoms with Gasteiger partial charge in [0, 0.05) is 12.6 Å². The SMILES string of the molecule is CCC(C(=O)NC1CCCCC1)N(Cc1ccc(OC)cc1)C(=O)CN(c1ccc(C)cc1)S(=O)(=O)c1ccc(OC)c(Br)c1. The molecule has 1 atom stereocenters. The summed E-state index contributed by atoms with van der Waals surface area (Å²) in [6.07, 6.45) is 5.45. The van der Waals surface area contributed by atoms with E-state index in [1.807, 2.05) is 26.0 Å². The van der Waals surface area contributed by atoms with Crippen LogP contribution in [0.5, 0.6) is 11.5 Å². The maximum atomic E-state index is 14.3. The summed E-state index contributed by atoms with van der Waals surface area (Å²) >= 11 is 3.38. The Labute approximate surface area is 275 Å². The fourth-order valence-electron chi connectivity index (χ4n) is 5.57. The van der Waals surface area contributed by atoms with Crippen molar-refractivity contribution in [3.63, 3.8) is 0 Å². The summed E-state index contributed by atoms with van der Waals surface area (Å²) in [6.45, 7) is 3.39. The average molecular weight is 701 g/mol. The molecule has 0 spiro atoms. The smallest absolute Gasteiger partial charge is 0.264 e. The first-order valence-electron chi connectivity index (χ1n) is 15.2. The molecule has 1 N–H and O–H groups in total. The molecule has 1 saturated carbocycles. The van der Waals surface area contributed by atoms with Crippen molar-refractivity contribution in [3.05, 3.63) is 82.3 Å². The van der Waals surface area contributed by atoms with Gasteiger partial charge >= 0.3 is 0 Å². The third kappa shape index (κ3) is 8.58. The van der Waals surface area contributed by atoms with E-state index in [0.29, 0.717) is 28.1 Å². The van der Waals surface area contributed by atoms with E-state index >= 15 is 0 Å². The first-order valence-corrected chi connectivity index (χ1v) is 17.5. The lowest BCUT2D eigenvalue weighted by atomic mass is 9.95. The van der Waals surface area contributed by atoms with Gasteiger partial charge in [-0.05, 0) is 90.1 Å². The summed E-state index contributed by atoms with van der Waals surface area (Å²) in [5, 5.41) is 3.17. The zero-order valence-electron chi connectivity index (χ0n) is 26.3. The molecule has 0 radical (unpaired) electrons. The first-order chi connectivity index (χ1) is 21.6. The lowest BCUT2D eigenvalue weighted by Crippen LogP contribution is -2.54. The molecule has 1 aliphatic carbocycles. The normalized spacial score (nSPS) is 14.3. The van der Waals surface area contributed by atoms with E-state index in [-0.39, 0.29) is 23.4 Å². The molecule has 0 heterocycles. The van der Waals surface area contributed by atoms with Crippen LogP contribution in [-0.4, -0.2) is 58.0 Å². The number of amides is 2. The van der Waals surface area contributed by atoms with Crippen molar-refractivity contribution in [2.75, 3.05) is 25.1 Å². The van der Waals surface area contributed by atoms with E-state index in [1.165, 1.54) is 24.1 Å². The third-order valence-electron chi connectivity index (χ3n) is 8.16.